The van der Waals surface area contributed by atoms with Gasteiger partial charge in [0.15, 0.2) is 5.03 Å². The molecule has 3 aromatic rings. The van der Waals surface area contributed by atoms with E-state index in [1.54, 1.807) is 25.2 Å². The first-order valence-electron chi connectivity index (χ1n) is 11.8. The molecule has 1 fully saturated rings. The number of hydrogen-bond acceptors (Lipinski definition) is 7. The van der Waals surface area contributed by atoms with Crippen molar-refractivity contribution >= 4 is 21.7 Å². The van der Waals surface area contributed by atoms with Crippen LogP contribution in [0.2, 0.25) is 0 Å². The fourth-order valence-corrected chi connectivity index (χ4v) is 4.56. The zero-order valence-electron chi connectivity index (χ0n) is 20.4. The predicted molar refractivity (Wildman–Crippen MR) is 135 cm³/mol. The number of anilines is 1. The molecule has 0 saturated heterocycles. The Morgan fingerprint density at radius 1 is 1.19 bits per heavy atom. The van der Waals surface area contributed by atoms with Crippen molar-refractivity contribution in [3.8, 4) is 17.0 Å². The Morgan fingerprint density at radius 2 is 1.97 bits per heavy atom. The Hall–Kier alpha value is -3.53. The Balaban J connectivity index is 1.68. The van der Waals surface area contributed by atoms with Crippen LogP contribution >= 0.6 is 0 Å². The molecule has 1 amide bonds. The maximum Gasteiger partial charge on any atom is 0.281 e. The third-order valence-electron chi connectivity index (χ3n) is 5.60. The Labute approximate surface area is 210 Å². The van der Waals surface area contributed by atoms with E-state index in [0.717, 1.165) is 12.8 Å². The fraction of sp³-hybridized carbons (Fsp3) is 0.346. The molecule has 0 bridgehead atoms. The molecule has 2 heterocycles. The molecule has 36 heavy (non-hydrogen) atoms. The van der Waals surface area contributed by atoms with Crippen LogP contribution in [-0.4, -0.2) is 44.5 Å². The van der Waals surface area contributed by atoms with Crippen molar-refractivity contribution in [1.29, 1.82) is 0 Å². The van der Waals surface area contributed by atoms with Gasteiger partial charge in [-0.3, -0.25) is 4.79 Å². The molecule has 0 atom stereocenters. The number of halogens is 1. The molecule has 8 nitrogen and oxygen atoms in total. The molecule has 1 aliphatic carbocycles. The summed E-state index contributed by atoms with van der Waals surface area (Å²) >= 11 is 0. The lowest BCUT2D eigenvalue weighted by Gasteiger charge is -2.22. The zero-order valence-corrected chi connectivity index (χ0v) is 21.3. The second kappa shape index (κ2) is 10.6. The lowest BCUT2D eigenvalue weighted by atomic mass is 10.1. The van der Waals surface area contributed by atoms with E-state index in [9.17, 15) is 17.6 Å². The van der Waals surface area contributed by atoms with Crippen molar-refractivity contribution in [3.63, 3.8) is 0 Å². The second-order valence-corrected chi connectivity index (χ2v) is 11.0. The number of rotatable bonds is 10. The molecule has 0 spiro atoms. The van der Waals surface area contributed by atoms with Crippen LogP contribution in [0.5, 0.6) is 5.75 Å². The molecule has 1 saturated carbocycles. The highest BCUT2D eigenvalue weighted by atomic mass is 32.2. The van der Waals surface area contributed by atoms with E-state index in [1.165, 1.54) is 36.5 Å². The first-order valence-corrected chi connectivity index (χ1v) is 13.2. The molecule has 0 aliphatic heterocycles. The third kappa shape index (κ3) is 6.37. The molecular formula is C26H29FN4O4S. The van der Waals surface area contributed by atoms with Gasteiger partial charge in [-0.15, -0.1) is 0 Å². The molecule has 0 radical (unpaired) electrons. The number of pyridine rings is 2. The maximum atomic E-state index is 14.4. The number of ether oxygens (including phenoxy) is 1. The molecular weight excluding hydrogens is 483 g/mol. The SMILES string of the molecule is CC(C)COc1cc(F)cc(-c2ccc(C(=O)NS(=O)(=O)c3ccccn3)c(N(C)CC3CC3)n2)c1. The summed E-state index contributed by atoms with van der Waals surface area (Å²) in [7, 11) is -2.37. The normalized spacial score (nSPS) is 13.5. The zero-order chi connectivity index (χ0) is 25.9. The van der Waals surface area contributed by atoms with E-state index in [4.69, 9.17) is 4.74 Å². The summed E-state index contributed by atoms with van der Waals surface area (Å²) in [6.07, 6.45) is 3.50. The fourth-order valence-electron chi connectivity index (χ4n) is 3.64. The molecule has 4 rings (SSSR count). The van der Waals surface area contributed by atoms with E-state index in [0.29, 0.717) is 41.9 Å². The quantitative estimate of drug-likeness (QED) is 0.433. The van der Waals surface area contributed by atoms with Crippen LogP contribution in [0.4, 0.5) is 10.2 Å². The molecule has 1 aliphatic rings. The summed E-state index contributed by atoms with van der Waals surface area (Å²) in [5, 5.41) is -0.260. The smallest absolute Gasteiger partial charge is 0.281 e. The number of amides is 1. The van der Waals surface area contributed by atoms with Gasteiger partial charge in [0.25, 0.3) is 15.9 Å². The topological polar surface area (TPSA) is 101 Å². The van der Waals surface area contributed by atoms with Crippen molar-refractivity contribution in [2.75, 3.05) is 25.1 Å². The minimum atomic E-state index is -4.17. The van der Waals surface area contributed by atoms with Gasteiger partial charge in [0.2, 0.25) is 0 Å². The standard InChI is InChI=1S/C26H29FN4O4S/c1-17(2)16-35-21-13-19(12-20(27)14-21)23-10-9-22(25(29-23)31(3)15-18-7-8-18)26(32)30-36(33,34)24-6-4-5-11-28-24/h4-6,9-14,17-18H,7-8,15-16H2,1-3H3,(H,30,32). The van der Waals surface area contributed by atoms with Gasteiger partial charge in [0.05, 0.1) is 17.9 Å². The number of carbonyl (C=O) groups is 1. The van der Waals surface area contributed by atoms with Crippen LogP contribution in [0.25, 0.3) is 11.3 Å². The summed E-state index contributed by atoms with van der Waals surface area (Å²) in [4.78, 5) is 23.4. The van der Waals surface area contributed by atoms with Gasteiger partial charge in [-0.05, 0) is 61.1 Å². The number of nitrogens with zero attached hydrogens (tertiary/aromatic N) is 3. The minimum Gasteiger partial charge on any atom is -0.493 e. The van der Waals surface area contributed by atoms with Crippen LogP contribution in [0.15, 0.2) is 59.8 Å². The average molecular weight is 513 g/mol. The Bertz CT molecular complexity index is 1350. The largest absolute Gasteiger partial charge is 0.493 e. The van der Waals surface area contributed by atoms with Crippen LogP contribution in [0.3, 0.4) is 0 Å². The summed E-state index contributed by atoms with van der Waals surface area (Å²) in [6.45, 7) is 5.11. The first-order chi connectivity index (χ1) is 17.1. The molecule has 0 unspecified atom stereocenters. The van der Waals surface area contributed by atoms with Crippen LogP contribution in [-0.2, 0) is 10.0 Å². The second-order valence-electron chi connectivity index (χ2n) is 9.37. The van der Waals surface area contributed by atoms with E-state index >= 15 is 0 Å². The molecule has 2 aromatic heterocycles. The molecule has 190 valence electrons. The third-order valence-corrected chi connectivity index (χ3v) is 6.85. The van der Waals surface area contributed by atoms with Gasteiger partial charge in [-0.1, -0.05) is 19.9 Å². The lowest BCUT2D eigenvalue weighted by molar-refractivity contribution is 0.0981. The van der Waals surface area contributed by atoms with E-state index < -0.39 is 21.7 Å². The van der Waals surface area contributed by atoms with Crippen molar-refractivity contribution in [1.82, 2.24) is 14.7 Å². The molecule has 1 N–H and O–H groups in total. The van der Waals surface area contributed by atoms with Crippen LogP contribution in [0.1, 0.15) is 37.0 Å². The lowest BCUT2D eigenvalue weighted by Crippen LogP contribution is -2.33. The maximum absolute atomic E-state index is 14.4. The van der Waals surface area contributed by atoms with Crippen molar-refractivity contribution in [3.05, 3.63) is 66.1 Å². The van der Waals surface area contributed by atoms with Gasteiger partial charge in [0, 0.05) is 31.4 Å². The first kappa shape index (κ1) is 25.6. The van der Waals surface area contributed by atoms with Gasteiger partial charge >= 0.3 is 0 Å². The van der Waals surface area contributed by atoms with Gasteiger partial charge < -0.3 is 9.64 Å². The van der Waals surface area contributed by atoms with E-state index in [1.807, 2.05) is 18.7 Å². The number of nitrogens with one attached hydrogen (secondary N) is 1. The monoisotopic (exact) mass is 512 g/mol. The van der Waals surface area contributed by atoms with E-state index in [-0.39, 0.29) is 16.5 Å². The summed E-state index contributed by atoms with van der Waals surface area (Å²) < 4.78 is 47.5. The number of benzene rings is 1. The highest BCUT2D eigenvalue weighted by Gasteiger charge is 2.28. The van der Waals surface area contributed by atoms with Gasteiger partial charge in [-0.2, -0.15) is 8.42 Å². The number of hydrogen-bond donors (Lipinski definition) is 1. The van der Waals surface area contributed by atoms with Crippen LogP contribution < -0.4 is 14.4 Å². The number of sulfonamides is 1. The molecule has 1 aromatic carbocycles. The van der Waals surface area contributed by atoms with Crippen LogP contribution in [0, 0.1) is 17.7 Å². The Kier molecular flexibility index (Phi) is 7.53. The Morgan fingerprint density at radius 3 is 2.64 bits per heavy atom. The van der Waals surface area contributed by atoms with Crippen molar-refractivity contribution in [2.24, 2.45) is 11.8 Å². The highest BCUT2D eigenvalue weighted by molar-refractivity contribution is 7.90. The summed E-state index contributed by atoms with van der Waals surface area (Å²) in [5.41, 5.74) is 1.02. The van der Waals surface area contributed by atoms with Crippen molar-refractivity contribution < 1.29 is 22.3 Å². The number of carbonyl (C=O) groups excluding carboxylic acids is 1. The average Bonchev–Trinajstić information content (AvgIpc) is 3.66. The van der Waals surface area contributed by atoms with Crippen molar-refractivity contribution in [2.45, 2.75) is 31.7 Å². The summed E-state index contributed by atoms with van der Waals surface area (Å²) in [6, 6.07) is 11.8. The van der Waals surface area contributed by atoms with E-state index in [2.05, 4.69) is 14.7 Å². The number of aromatic nitrogens is 2. The highest BCUT2D eigenvalue weighted by Crippen LogP contribution is 2.33. The minimum absolute atomic E-state index is 0.0918. The molecule has 10 heteroatoms. The van der Waals surface area contributed by atoms with Gasteiger partial charge in [0.1, 0.15) is 17.4 Å². The summed E-state index contributed by atoms with van der Waals surface area (Å²) in [5.74, 6) is 0.164. The van der Waals surface area contributed by atoms with Gasteiger partial charge in [-0.25, -0.2) is 19.1 Å². The predicted octanol–water partition coefficient (Wildman–Crippen LogP) is 4.28.